The van der Waals surface area contributed by atoms with Gasteiger partial charge in [-0.3, -0.25) is 9.36 Å². The lowest BCUT2D eigenvalue weighted by molar-refractivity contribution is 0.0934. The lowest BCUT2D eigenvalue weighted by Gasteiger charge is -2.19. The van der Waals surface area contributed by atoms with E-state index in [4.69, 9.17) is 0 Å². The molecule has 25 heavy (non-hydrogen) atoms. The number of amides is 1. The Morgan fingerprint density at radius 3 is 2.48 bits per heavy atom. The second kappa shape index (κ2) is 5.84. The highest BCUT2D eigenvalue weighted by Crippen LogP contribution is 2.44. The quantitative estimate of drug-likeness (QED) is 0.799. The Bertz CT molecular complexity index is 898. The van der Waals surface area contributed by atoms with Gasteiger partial charge in [-0.25, -0.2) is 0 Å². The summed E-state index contributed by atoms with van der Waals surface area (Å²) in [6.07, 6.45) is 4.18. The summed E-state index contributed by atoms with van der Waals surface area (Å²) in [7, 11) is 0. The average Bonchev–Trinajstić information content (AvgIpc) is 3.23. The van der Waals surface area contributed by atoms with E-state index < -0.39 is 0 Å². The van der Waals surface area contributed by atoms with Crippen molar-refractivity contribution >= 4 is 5.91 Å². The SMILES string of the molecule is CC1(C)CC(NC(=O)c2ccc(-n3cnnc3)cc2)c2ccccc21. The van der Waals surface area contributed by atoms with Crippen molar-refractivity contribution in [2.75, 3.05) is 0 Å². The first-order valence-electron chi connectivity index (χ1n) is 8.40. The summed E-state index contributed by atoms with van der Waals surface area (Å²) in [5.74, 6) is -0.0483. The number of hydrogen-bond acceptors (Lipinski definition) is 3. The third-order valence-corrected chi connectivity index (χ3v) is 4.93. The summed E-state index contributed by atoms with van der Waals surface area (Å²) in [5, 5.41) is 10.8. The van der Waals surface area contributed by atoms with Gasteiger partial charge in [-0.05, 0) is 47.2 Å². The van der Waals surface area contributed by atoms with Gasteiger partial charge in [-0.1, -0.05) is 38.1 Å². The Kier molecular flexibility index (Phi) is 3.64. The van der Waals surface area contributed by atoms with E-state index in [1.54, 1.807) is 17.2 Å². The van der Waals surface area contributed by atoms with Crippen LogP contribution in [-0.4, -0.2) is 20.7 Å². The van der Waals surface area contributed by atoms with E-state index in [9.17, 15) is 4.79 Å². The molecule has 1 atom stereocenters. The number of rotatable bonds is 3. The molecule has 1 N–H and O–H groups in total. The number of nitrogens with one attached hydrogen (secondary N) is 1. The van der Waals surface area contributed by atoms with Crippen molar-refractivity contribution in [1.82, 2.24) is 20.1 Å². The summed E-state index contributed by atoms with van der Waals surface area (Å²) in [6, 6.07) is 15.9. The molecule has 4 rings (SSSR count). The number of benzene rings is 2. The first kappa shape index (κ1) is 15.6. The standard InChI is InChI=1S/C20H20N4O/c1-20(2)11-18(16-5-3-4-6-17(16)20)23-19(25)14-7-9-15(10-8-14)24-12-21-22-13-24/h3-10,12-13,18H,11H2,1-2H3,(H,23,25). The third-order valence-electron chi connectivity index (χ3n) is 4.93. The van der Waals surface area contributed by atoms with E-state index in [1.807, 2.05) is 30.3 Å². The first-order chi connectivity index (χ1) is 12.0. The fourth-order valence-corrected chi connectivity index (χ4v) is 3.64. The second-order valence-corrected chi connectivity index (χ2v) is 7.12. The molecule has 0 spiro atoms. The molecule has 1 aliphatic carbocycles. The fraction of sp³-hybridized carbons (Fsp3) is 0.250. The Hall–Kier alpha value is -2.95. The molecule has 3 aromatic rings. The highest BCUT2D eigenvalue weighted by Gasteiger charge is 2.37. The predicted octanol–water partition coefficient (Wildman–Crippen LogP) is 3.42. The predicted molar refractivity (Wildman–Crippen MR) is 95.7 cm³/mol. The molecular weight excluding hydrogens is 312 g/mol. The maximum Gasteiger partial charge on any atom is 0.251 e. The van der Waals surface area contributed by atoms with Crippen LogP contribution in [0.4, 0.5) is 0 Å². The summed E-state index contributed by atoms with van der Waals surface area (Å²) < 4.78 is 1.80. The van der Waals surface area contributed by atoms with Gasteiger partial charge in [-0.15, -0.1) is 10.2 Å². The maximum absolute atomic E-state index is 12.7. The summed E-state index contributed by atoms with van der Waals surface area (Å²) in [6.45, 7) is 4.46. The van der Waals surface area contributed by atoms with Crippen molar-refractivity contribution in [3.63, 3.8) is 0 Å². The van der Waals surface area contributed by atoms with E-state index in [0.717, 1.165) is 12.1 Å². The van der Waals surface area contributed by atoms with Crippen molar-refractivity contribution in [2.45, 2.75) is 31.7 Å². The molecule has 1 heterocycles. The Morgan fingerprint density at radius 1 is 1.08 bits per heavy atom. The van der Waals surface area contributed by atoms with Crippen molar-refractivity contribution in [1.29, 1.82) is 0 Å². The fourth-order valence-electron chi connectivity index (χ4n) is 3.64. The average molecular weight is 332 g/mol. The molecule has 2 aromatic carbocycles. The van der Waals surface area contributed by atoms with Crippen LogP contribution in [0.15, 0.2) is 61.2 Å². The lowest BCUT2D eigenvalue weighted by atomic mass is 9.86. The van der Waals surface area contributed by atoms with Crippen molar-refractivity contribution in [2.24, 2.45) is 0 Å². The molecule has 0 saturated heterocycles. The molecule has 5 heteroatoms. The second-order valence-electron chi connectivity index (χ2n) is 7.12. The Labute approximate surface area is 146 Å². The number of hydrogen-bond donors (Lipinski definition) is 1. The normalized spacial score (nSPS) is 17.9. The van der Waals surface area contributed by atoms with Crippen LogP contribution in [0, 0.1) is 0 Å². The van der Waals surface area contributed by atoms with E-state index in [2.05, 4.69) is 47.6 Å². The largest absolute Gasteiger partial charge is 0.345 e. The molecule has 1 unspecified atom stereocenters. The highest BCUT2D eigenvalue weighted by atomic mass is 16.1. The molecule has 0 aliphatic heterocycles. The van der Waals surface area contributed by atoms with Crippen LogP contribution in [0.5, 0.6) is 0 Å². The monoisotopic (exact) mass is 332 g/mol. The van der Waals surface area contributed by atoms with Crippen molar-refractivity contribution in [3.8, 4) is 5.69 Å². The zero-order valence-electron chi connectivity index (χ0n) is 14.3. The van der Waals surface area contributed by atoms with Crippen LogP contribution in [0.1, 0.15) is 47.8 Å². The minimum Gasteiger partial charge on any atom is -0.345 e. The molecule has 1 aliphatic rings. The van der Waals surface area contributed by atoms with E-state index in [0.29, 0.717) is 5.56 Å². The molecule has 5 nitrogen and oxygen atoms in total. The zero-order chi connectivity index (χ0) is 17.4. The number of aromatic nitrogens is 3. The Morgan fingerprint density at radius 2 is 1.76 bits per heavy atom. The van der Waals surface area contributed by atoms with Gasteiger partial charge in [0.15, 0.2) is 0 Å². The van der Waals surface area contributed by atoms with E-state index >= 15 is 0 Å². The summed E-state index contributed by atoms with van der Waals surface area (Å²) in [5.41, 5.74) is 4.20. The first-order valence-corrected chi connectivity index (χ1v) is 8.40. The van der Waals surface area contributed by atoms with Gasteiger partial charge in [0.2, 0.25) is 0 Å². The summed E-state index contributed by atoms with van der Waals surface area (Å²) >= 11 is 0. The third kappa shape index (κ3) is 2.82. The van der Waals surface area contributed by atoms with Crippen LogP contribution in [0.25, 0.3) is 5.69 Å². The van der Waals surface area contributed by atoms with E-state index in [1.165, 1.54) is 11.1 Å². The number of carbonyl (C=O) groups is 1. The van der Waals surface area contributed by atoms with E-state index in [-0.39, 0.29) is 17.4 Å². The van der Waals surface area contributed by atoms with Gasteiger partial charge in [0.25, 0.3) is 5.91 Å². The molecule has 0 fully saturated rings. The van der Waals surface area contributed by atoms with Gasteiger partial charge in [0.05, 0.1) is 6.04 Å². The summed E-state index contributed by atoms with van der Waals surface area (Å²) in [4.78, 5) is 12.7. The maximum atomic E-state index is 12.7. The van der Waals surface area contributed by atoms with Crippen LogP contribution >= 0.6 is 0 Å². The molecule has 0 bridgehead atoms. The number of fused-ring (bicyclic) bond motifs is 1. The van der Waals surface area contributed by atoms with Crippen LogP contribution in [0.2, 0.25) is 0 Å². The molecule has 1 aromatic heterocycles. The van der Waals surface area contributed by atoms with Crippen molar-refractivity contribution in [3.05, 3.63) is 77.9 Å². The minimum atomic E-state index is -0.0483. The molecule has 0 saturated carbocycles. The van der Waals surface area contributed by atoms with Gasteiger partial charge in [-0.2, -0.15) is 0 Å². The van der Waals surface area contributed by atoms with Crippen LogP contribution in [-0.2, 0) is 5.41 Å². The van der Waals surface area contributed by atoms with Crippen molar-refractivity contribution < 1.29 is 4.79 Å². The number of carbonyl (C=O) groups excluding carboxylic acids is 1. The topological polar surface area (TPSA) is 59.8 Å². The van der Waals surface area contributed by atoms with Crippen LogP contribution < -0.4 is 5.32 Å². The van der Waals surface area contributed by atoms with Gasteiger partial charge in [0.1, 0.15) is 12.7 Å². The molecular formula is C20H20N4O. The molecule has 126 valence electrons. The zero-order valence-corrected chi connectivity index (χ0v) is 14.3. The number of nitrogens with zero attached hydrogens (tertiary/aromatic N) is 3. The smallest absolute Gasteiger partial charge is 0.251 e. The van der Waals surface area contributed by atoms with Gasteiger partial charge in [0, 0.05) is 11.3 Å². The van der Waals surface area contributed by atoms with Crippen LogP contribution in [0.3, 0.4) is 0 Å². The highest BCUT2D eigenvalue weighted by molar-refractivity contribution is 5.94. The minimum absolute atomic E-state index is 0.0483. The molecule has 0 radical (unpaired) electrons. The molecule has 1 amide bonds. The lowest BCUT2D eigenvalue weighted by Crippen LogP contribution is -2.28. The van der Waals surface area contributed by atoms with Gasteiger partial charge >= 0.3 is 0 Å². The van der Waals surface area contributed by atoms with Gasteiger partial charge < -0.3 is 5.32 Å². The Balaban J connectivity index is 1.53.